The Kier molecular flexibility index (Phi) is 7.80. The maximum Gasteiger partial charge on any atom is 0.238 e. The van der Waals surface area contributed by atoms with Gasteiger partial charge in [0.2, 0.25) is 5.95 Å². The molecule has 0 aliphatic carbocycles. The Morgan fingerprint density at radius 2 is 0.746 bits per heavy atom. The van der Waals surface area contributed by atoms with Gasteiger partial charge in [0.15, 0.2) is 11.6 Å². The summed E-state index contributed by atoms with van der Waals surface area (Å²) in [6, 6.07) is 77.3. The fourth-order valence-electron chi connectivity index (χ4n) is 9.79. The SMILES string of the molecule is c1ccc(-c2cccc(-c3nc(-c4ccccc4)nc(-n4c5ccccc5c5c6c7ccccc7n(-c7ccccc7)c6cc(-n6c7ccccc7c7ccccc76)c54)n3)c2)cc1. The zero-order valence-electron chi connectivity index (χ0n) is 34.0. The molecule has 6 heteroatoms. The standard InChI is InChI=1S/C57H36N6/c1-4-19-37(20-5-1)39-23-18-24-40(35-39)56-58-55(38-21-6-2-7-22-38)59-57(60-56)63-49-34-17-13-30-45(49)53-52-44-29-12-16-33-48(44)61(41-25-8-3-9-26-41)50(52)36-51(54(53)63)62-46-31-14-10-27-42(46)43-28-11-15-32-47(43)62/h1-36H. The van der Waals surface area contributed by atoms with E-state index in [9.17, 15) is 0 Å². The first kappa shape index (κ1) is 35.2. The first-order valence-electron chi connectivity index (χ1n) is 21.3. The van der Waals surface area contributed by atoms with Crippen molar-refractivity contribution in [3.8, 4) is 51.2 Å². The number of hydrogen-bond donors (Lipinski definition) is 0. The second-order valence-corrected chi connectivity index (χ2v) is 16.0. The van der Waals surface area contributed by atoms with E-state index in [1.807, 2.05) is 24.3 Å². The van der Waals surface area contributed by atoms with E-state index >= 15 is 0 Å². The van der Waals surface area contributed by atoms with E-state index in [2.05, 4.69) is 208 Å². The van der Waals surface area contributed by atoms with E-state index in [4.69, 9.17) is 15.0 Å². The third-order valence-electron chi connectivity index (χ3n) is 12.5. The maximum atomic E-state index is 5.48. The number of para-hydroxylation sites is 5. The predicted molar refractivity (Wildman–Crippen MR) is 259 cm³/mol. The monoisotopic (exact) mass is 804 g/mol. The molecule has 0 bridgehead atoms. The molecule has 0 aliphatic heterocycles. The molecule has 9 aromatic carbocycles. The summed E-state index contributed by atoms with van der Waals surface area (Å²) in [5.41, 5.74) is 12.7. The van der Waals surface area contributed by atoms with Gasteiger partial charge in [0, 0.05) is 49.1 Å². The Bertz CT molecular complexity index is 3850. The molecule has 0 aliphatic rings. The largest absolute Gasteiger partial charge is 0.309 e. The zero-order valence-corrected chi connectivity index (χ0v) is 34.0. The van der Waals surface area contributed by atoms with E-state index in [0.29, 0.717) is 17.6 Å². The molecular weight excluding hydrogens is 769 g/mol. The van der Waals surface area contributed by atoms with Gasteiger partial charge in [0.05, 0.1) is 38.8 Å². The fourth-order valence-corrected chi connectivity index (χ4v) is 9.79. The number of hydrogen-bond acceptors (Lipinski definition) is 3. The van der Waals surface area contributed by atoms with E-state index in [1.165, 1.54) is 21.5 Å². The molecule has 4 aromatic heterocycles. The molecule has 0 spiro atoms. The van der Waals surface area contributed by atoms with Crippen molar-refractivity contribution in [3.05, 3.63) is 218 Å². The quantitative estimate of drug-likeness (QED) is 0.168. The molecule has 0 saturated carbocycles. The van der Waals surface area contributed by atoms with Gasteiger partial charge in [-0.3, -0.25) is 4.57 Å². The Balaban J connectivity index is 1.22. The second kappa shape index (κ2) is 14.0. The normalized spacial score (nSPS) is 11.8. The third-order valence-corrected chi connectivity index (χ3v) is 12.5. The Morgan fingerprint density at radius 3 is 1.38 bits per heavy atom. The molecule has 0 atom stereocenters. The summed E-state index contributed by atoms with van der Waals surface area (Å²) < 4.78 is 7.15. The summed E-state index contributed by atoms with van der Waals surface area (Å²) in [5.74, 6) is 1.75. The summed E-state index contributed by atoms with van der Waals surface area (Å²) in [5, 5.41) is 7.00. The van der Waals surface area contributed by atoms with Crippen LogP contribution in [0.15, 0.2) is 218 Å². The molecule has 13 aromatic rings. The molecule has 0 N–H and O–H groups in total. The van der Waals surface area contributed by atoms with Crippen molar-refractivity contribution >= 4 is 65.4 Å². The van der Waals surface area contributed by atoms with E-state index < -0.39 is 0 Å². The van der Waals surface area contributed by atoms with Crippen molar-refractivity contribution in [2.45, 2.75) is 0 Å². The van der Waals surface area contributed by atoms with Gasteiger partial charge in [-0.1, -0.05) is 170 Å². The molecule has 0 saturated heterocycles. The first-order chi connectivity index (χ1) is 31.3. The summed E-state index contributed by atoms with van der Waals surface area (Å²) in [4.78, 5) is 16.1. The number of aromatic nitrogens is 6. The molecule has 63 heavy (non-hydrogen) atoms. The van der Waals surface area contributed by atoms with Crippen LogP contribution in [-0.4, -0.2) is 28.7 Å². The van der Waals surface area contributed by atoms with Gasteiger partial charge in [-0.05, 0) is 59.7 Å². The first-order valence-corrected chi connectivity index (χ1v) is 21.3. The number of nitrogens with zero attached hydrogens (tertiary/aromatic N) is 6. The topological polar surface area (TPSA) is 53.5 Å². The maximum absolute atomic E-state index is 5.48. The summed E-state index contributed by atoms with van der Waals surface area (Å²) in [7, 11) is 0. The smallest absolute Gasteiger partial charge is 0.238 e. The minimum atomic E-state index is 0.545. The molecule has 4 heterocycles. The summed E-state index contributed by atoms with van der Waals surface area (Å²) in [6.45, 7) is 0. The van der Waals surface area contributed by atoms with Crippen LogP contribution in [0.4, 0.5) is 0 Å². The fraction of sp³-hybridized carbons (Fsp3) is 0. The van der Waals surface area contributed by atoms with E-state index in [1.54, 1.807) is 0 Å². The van der Waals surface area contributed by atoms with Crippen molar-refractivity contribution in [1.82, 2.24) is 28.7 Å². The van der Waals surface area contributed by atoms with Crippen molar-refractivity contribution in [2.75, 3.05) is 0 Å². The predicted octanol–water partition coefficient (Wildman–Crippen LogP) is 14.2. The van der Waals surface area contributed by atoms with Crippen molar-refractivity contribution < 1.29 is 0 Å². The van der Waals surface area contributed by atoms with Gasteiger partial charge in [0.1, 0.15) is 0 Å². The lowest BCUT2D eigenvalue weighted by molar-refractivity contribution is 0.950. The van der Waals surface area contributed by atoms with Crippen molar-refractivity contribution in [3.63, 3.8) is 0 Å². The average molecular weight is 805 g/mol. The minimum Gasteiger partial charge on any atom is -0.309 e. The van der Waals surface area contributed by atoms with Gasteiger partial charge < -0.3 is 9.13 Å². The second-order valence-electron chi connectivity index (χ2n) is 16.0. The Morgan fingerprint density at radius 1 is 0.286 bits per heavy atom. The van der Waals surface area contributed by atoms with Gasteiger partial charge in [-0.15, -0.1) is 0 Å². The van der Waals surface area contributed by atoms with Crippen LogP contribution >= 0.6 is 0 Å². The Hall–Kier alpha value is -8.61. The number of rotatable bonds is 6. The van der Waals surface area contributed by atoms with Crippen LogP contribution in [0, 0.1) is 0 Å². The number of fused-ring (bicyclic) bond motifs is 10. The molecule has 0 amide bonds. The lowest BCUT2D eigenvalue weighted by Gasteiger charge is -2.16. The van der Waals surface area contributed by atoms with Crippen LogP contribution in [0.3, 0.4) is 0 Å². The molecule has 0 fully saturated rings. The molecule has 13 rings (SSSR count). The average Bonchev–Trinajstić information content (AvgIpc) is 4.00. The molecule has 6 nitrogen and oxygen atoms in total. The molecule has 0 unspecified atom stereocenters. The lowest BCUT2D eigenvalue weighted by Crippen LogP contribution is -2.08. The number of benzene rings is 9. The summed E-state index contributed by atoms with van der Waals surface area (Å²) in [6.07, 6.45) is 0. The third kappa shape index (κ3) is 5.41. The molecule has 294 valence electrons. The molecule has 0 radical (unpaired) electrons. The van der Waals surface area contributed by atoms with Gasteiger partial charge in [-0.2, -0.15) is 9.97 Å². The highest BCUT2D eigenvalue weighted by Gasteiger charge is 2.27. The van der Waals surface area contributed by atoms with Crippen LogP contribution < -0.4 is 0 Å². The highest BCUT2D eigenvalue weighted by molar-refractivity contribution is 6.31. The highest BCUT2D eigenvalue weighted by Crippen LogP contribution is 2.46. The van der Waals surface area contributed by atoms with Crippen LogP contribution in [0.5, 0.6) is 0 Å². The van der Waals surface area contributed by atoms with Crippen molar-refractivity contribution in [1.29, 1.82) is 0 Å². The van der Waals surface area contributed by atoms with Crippen LogP contribution in [0.2, 0.25) is 0 Å². The highest BCUT2D eigenvalue weighted by atomic mass is 15.2. The van der Waals surface area contributed by atoms with E-state index in [-0.39, 0.29) is 0 Å². The zero-order chi connectivity index (χ0) is 41.4. The lowest BCUT2D eigenvalue weighted by atomic mass is 10.0. The van der Waals surface area contributed by atoms with Crippen LogP contribution in [-0.2, 0) is 0 Å². The summed E-state index contributed by atoms with van der Waals surface area (Å²) >= 11 is 0. The van der Waals surface area contributed by atoms with Crippen molar-refractivity contribution in [2.24, 2.45) is 0 Å². The molecular formula is C57H36N6. The van der Waals surface area contributed by atoms with Crippen LogP contribution in [0.1, 0.15) is 0 Å². The van der Waals surface area contributed by atoms with Gasteiger partial charge in [0.25, 0.3) is 0 Å². The Labute approximate surface area is 362 Å². The van der Waals surface area contributed by atoms with E-state index in [0.717, 1.165) is 77.5 Å². The van der Waals surface area contributed by atoms with Gasteiger partial charge >= 0.3 is 0 Å². The minimum absolute atomic E-state index is 0.545. The van der Waals surface area contributed by atoms with Gasteiger partial charge in [-0.25, -0.2) is 4.98 Å². The van der Waals surface area contributed by atoms with Crippen LogP contribution in [0.25, 0.3) is 117 Å².